The molecular weight excluding hydrogens is 336 g/mol. The van der Waals surface area contributed by atoms with Gasteiger partial charge >= 0.3 is 0 Å². The standard InChI is InChI=1S/C15H13BrN2O3/c1-9(19)18-7-6-10-2-3-11(8-12(10)18)17-15(20)13-4-5-14(16)21-13/h2-5,8H,6-7H2,1H3,(H,17,20). The van der Waals surface area contributed by atoms with E-state index in [1.165, 1.54) is 0 Å². The van der Waals surface area contributed by atoms with E-state index in [1.807, 2.05) is 18.2 Å². The highest BCUT2D eigenvalue weighted by atomic mass is 79.9. The topological polar surface area (TPSA) is 62.6 Å². The van der Waals surface area contributed by atoms with Crippen LogP contribution in [0.5, 0.6) is 0 Å². The SMILES string of the molecule is CC(=O)N1CCc2ccc(NC(=O)c3ccc(Br)o3)cc21. The normalized spacial score (nSPS) is 13.1. The van der Waals surface area contributed by atoms with Gasteiger partial charge in [0.05, 0.1) is 0 Å². The summed E-state index contributed by atoms with van der Waals surface area (Å²) >= 11 is 3.16. The summed E-state index contributed by atoms with van der Waals surface area (Å²) in [5.41, 5.74) is 2.62. The molecule has 0 radical (unpaired) electrons. The van der Waals surface area contributed by atoms with Gasteiger partial charge in [0.1, 0.15) is 0 Å². The number of halogens is 1. The largest absolute Gasteiger partial charge is 0.444 e. The van der Waals surface area contributed by atoms with Crippen LogP contribution < -0.4 is 10.2 Å². The molecule has 6 heteroatoms. The summed E-state index contributed by atoms with van der Waals surface area (Å²) in [5.74, 6) is -0.0917. The van der Waals surface area contributed by atoms with Crippen LogP contribution in [0.3, 0.4) is 0 Å². The average molecular weight is 349 g/mol. The minimum Gasteiger partial charge on any atom is -0.444 e. The first-order valence-electron chi connectivity index (χ1n) is 6.52. The molecule has 2 heterocycles. The molecule has 1 aliphatic heterocycles. The van der Waals surface area contributed by atoms with Gasteiger partial charge in [0, 0.05) is 24.8 Å². The fourth-order valence-corrected chi connectivity index (χ4v) is 2.72. The van der Waals surface area contributed by atoms with Crippen LogP contribution in [-0.4, -0.2) is 18.4 Å². The van der Waals surface area contributed by atoms with Crippen LogP contribution in [0.1, 0.15) is 23.0 Å². The van der Waals surface area contributed by atoms with Crippen LogP contribution in [0.25, 0.3) is 0 Å². The van der Waals surface area contributed by atoms with E-state index in [4.69, 9.17) is 4.42 Å². The summed E-state index contributed by atoms with van der Waals surface area (Å²) in [5, 5.41) is 2.77. The molecule has 0 unspecified atom stereocenters. The third-order valence-electron chi connectivity index (χ3n) is 3.42. The van der Waals surface area contributed by atoms with E-state index < -0.39 is 0 Å². The Balaban J connectivity index is 1.83. The minimum absolute atomic E-state index is 0.00666. The van der Waals surface area contributed by atoms with Crippen molar-refractivity contribution in [1.82, 2.24) is 0 Å². The lowest BCUT2D eigenvalue weighted by Crippen LogP contribution is -2.25. The number of furan rings is 1. The van der Waals surface area contributed by atoms with E-state index in [0.717, 1.165) is 17.7 Å². The van der Waals surface area contributed by atoms with Crippen LogP contribution in [0.15, 0.2) is 39.4 Å². The number of nitrogens with one attached hydrogen (secondary N) is 1. The van der Waals surface area contributed by atoms with E-state index in [9.17, 15) is 9.59 Å². The van der Waals surface area contributed by atoms with Gasteiger partial charge in [0.2, 0.25) is 5.91 Å². The highest BCUT2D eigenvalue weighted by Gasteiger charge is 2.22. The quantitative estimate of drug-likeness (QED) is 0.906. The number of hydrogen-bond acceptors (Lipinski definition) is 3. The van der Waals surface area contributed by atoms with Crippen molar-refractivity contribution in [3.8, 4) is 0 Å². The number of hydrogen-bond donors (Lipinski definition) is 1. The lowest BCUT2D eigenvalue weighted by molar-refractivity contribution is -0.116. The maximum Gasteiger partial charge on any atom is 0.291 e. The molecule has 1 N–H and O–H groups in total. The van der Waals surface area contributed by atoms with Gasteiger partial charge in [-0.25, -0.2) is 0 Å². The van der Waals surface area contributed by atoms with Gasteiger partial charge < -0.3 is 14.6 Å². The molecule has 1 aliphatic rings. The fourth-order valence-electron chi connectivity index (χ4n) is 2.41. The van der Waals surface area contributed by atoms with E-state index in [1.54, 1.807) is 24.0 Å². The predicted molar refractivity (Wildman–Crippen MR) is 82.5 cm³/mol. The van der Waals surface area contributed by atoms with E-state index in [2.05, 4.69) is 21.2 Å². The van der Waals surface area contributed by atoms with Crippen LogP contribution in [0.4, 0.5) is 11.4 Å². The Labute approximate surface area is 130 Å². The number of amides is 2. The second kappa shape index (κ2) is 5.37. The Bertz CT molecular complexity index is 723. The molecular formula is C15H13BrN2O3. The Morgan fingerprint density at radius 1 is 1.29 bits per heavy atom. The van der Waals surface area contributed by atoms with Crippen molar-refractivity contribution < 1.29 is 14.0 Å². The molecule has 21 heavy (non-hydrogen) atoms. The van der Waals surface area contributed by atoms with Crippen molar-refractivity contribution in [2.24, 2.45) is 0 Å². The van der Waals surface area contributed by atoms with Crippen molar-refractivity contribution in [2.75, 3.05) is 16.8 Å². The van der Waals surface area contributed by atoms with E-state index in [-0.39, 0.29) is 17.6 Å². The van der Waals surface area contributed by atoms with Crippen molar-refractivity contribution in [2.45, 2.75) is 13.3 Å². The molecule has 3 rings (SSSR count). The number of fused-ring (bicyclic) bond motifs is 1. The molecule has 108 valence electrons. The third kappa shape index (κ3) is 2.71. The third-order valence-corrected chi connectivity index (χ3v) is 3.84. The summed E-state index contributed by atoms with van der Waals surface area (Å²) in [6, 6.07) is 8.84. The van der Waals surface area contributed by atoms with Gasteiger partial charge in [-0.1, -0.05) is 6.07 Å². The first-order valence-corrected chi connectivity index (χ1v) is 7.31. The number of carbonyl (C=O) groups is 2. The second-order valence-corrected chi connectivity index (χ2v) is 5.60. The minimum atomic E-state index is -0.326. The number of nitrogens with zero attached hydrogens (tertiary/aromatic N) is 1. The molecule has 0 atom stereocenters. The first kappa shape index (κ1) is 13.9. The number of rotatable bonds is 2. The molecule has 0 saturated carbocycles. The second-order valence-electron chi connectivity index (χ2n) is 4.82. The zero-order valence-corrected chi connectivity index (χ0v) is 12.9. The fraction of sp³-hybridized carbons (Fsp3) is 0.200. The number of benzene rings is 1. The number of carbonyl (C=O) groups excluding carboxylic acids is 2. The average Bonchev–Trinajstić information content (AvgIpc) is 3.04. The highest BCUT2D eigenvalue weighted by molar-refractivity contribution is 9.10. The van der Waals surface area contributed by atoms with Crippen LogP contribution in [0, 0.1) is 0 Å². The summed E-state index contributed by atoms with van der Waals surface area (Å²) < 4.78 is 5.71. The van der Waals surface area contributed by atoms with Crippen molar-refractivity contribution >= 4 is 39.1 Å². The Morgan fingerprint density at radius 3 is 2.76 bits per heavy atom. The monoisotopic (exact) mass is 348 g/mol. The molecule has 1 aromatic carbocycles. The smallest absolute Gasteiger partial charge is 0.291 e. The number of anilines is 2. The van der Waals surface area contributed by atoms with Crippen LogP contribution >= 0.6 is 15.9 Å². The van der Waals surface area contributed by atoms with Gasteiger partial charge in [0.15, 0.2) is 10.4 Å². The Hall–Kier alpha value is -2.08. The molecule has 0 spiro atoms. The van der Waals surface area contributed by atoms with Crippen molar-refractivity contribution in [3.05, 3.63) is 46.3 Å². The van der Waals surface area contributed by atoms with Gasteiger partial charge in [-0.3, -0.25) is 9.59 Å². The molecule has 2 amide bonds. The summed E-state index contributed by atoms with van der Waals surface area (Å²) in [6.45, 7) is 2.23. The van der Waals surface area contributed by atoms with Crippen molar-refractivity contribution in [1.29, 1.82) is 0 Å². The maximum absolute atomic E-state index is 12.0. The first-order chi connectivity index (χ1) is 10.0. The zero-order chi connectivity index (χ0) is 15.0. The summed E-state index contributed by atoms with van der Waals surface area (Å²) in [4.78, 5) is 25.3. The molecule has 5 nitrogen and oxygen atoms in total. The molecule has 0 saturated heterocycles. The zero-order valence-electron chi connectivity index (χ0n) is 11.4. The van der Waals surface area contributed by atoms with Crippen LogP contribution in [0.2, 0.25) is 0 Å². The van der Waals surface area contributed by atoms with Crippen molar-refractivity contribution in [3.63, 3.8) is 0 Å². The lowest BCUT2D eigenvalue weighted by atomic mass is 10.1. The van der Waals surface area contributed by atoms with Gasteiger partial charge in [-0.05, 0) is 52.2 Å². The lowest BCUT2D eigenvalue weighted by Gasteiger charge is -2.15. The summed E-state index contributed by atoms with van der Waals surface area (Å²) in [6.07, 6.45) is 0.842. The predicted octanol–water partition coefficient (Wildman–Crippen LogP) is 3.20. The van der Waals surface area contributed by atoms with Gasteiger partial charge in [-0.2, -0.15) is 0 Å². The maximum atomic E-state index is 12.0. The van der Waals surface area contributed by atoms with Gasteiger partial charge in [-0.15, -0.1) is 0 Å². The van der Waals surface area contributed by atoms with E-state index >= 15 is 0 Å². The highest BCUT2D eigenvalue weighted by Crippen LogP contribution is 2.31. The summed E-state index contributed by atoms with van der Waals surface area (Å²) in [7, 11) is 0. The molecule has 0 bridgehead atoms. The van der Waals surface area contributed by atoms with E-state index in [0.29, 0.717) is 16.9 Å². The Morgan fingerprint density at radius 2 is 2.10 bits per heavy atom. The molecule has 0 fully saturated rings. The van der Waals surface area contributed by atoms with Gasteiger partial charge in [0.25, 0.3) is 5.91 Å². The molecule has 0 aliphatic carbocycles. The molecule has 1 aromatic heterocycles. The van der Waals surface area contributed by atoms with Crippen LogP contribution in [-0.2, 0) is 11.2 Å². The Kier molecular flexibility index (Phi) is 3.55. The molecule has 2 aromatic rings.